The Labute approximate surface area is 168 Å². The maximum atomic E-state index is 13.2. The summed E-state index contributed by atoms with van der Waals surface area (Å²) in [7, 11) is -3.20. The molecule has 3 N–H and O–H groups in total. The predicted molar refractivity (Wildman–Crippen MR) is 106 cm³/mol. The Morgan fingerprint density at radius 2 is 1.93 bits per heavy atom. The van der Waals surface area contributed by atoms with Crippen LogP contribution in [-0.2, 0) is 4.79 Å². The number of fused-ring (bicyclic) bond motifs is 1. The van der Waals surface area contributed by atoms with Gasteiger partial charge in [-0.2, -0.15) is 0 Å². The van der Waals surface area contributed by atoms with Gasteiger partial charge in [-0.15, -0.1) is 10.8 Å². The molecule has 8 heteroatoms. The monoisotopic (exact) mass is 423 g/mol. The number of unbranched alkanes of at least 4 members (excludes halogenated alkanes) is 1. The van der Waals surface area contributed by atoms with Gasteiger partial charge in [-0.3, -0.25) is 13.9 Å². The maximum Gasteiger partial charge on any atom is 0.246 e. The molecule has 2 aliphatic carbocycles. The molecule has 28 heavy (non-hydrogen) atoms. The Hall–Kier alpha value is -0.440. The van der Waals surface area contributed by atoms with Gasteiger partial charge in [0, 0.05) is 5.41 Å². The summed E-state index contributed by atoms with van der Waals surface area (Å²) in [5.41, 5.74) is -0.281. The molecule has 3 fully saturated rings. The fraction of sp³-hybridized carbons (Fsp3) is 0.950. The van der Waals surface area contributed by atoms with Gasteiger partial charge in [0.25, 0.3) is 0 Å². The zero-order valence-electron chi connectivity index (χ0n) is 17.1. The standard InChI is InChI=1S/C20H35F2NO4S/c1-13(16(24)7-5-4-6-15(22)11-21)18(25)23-17-10-14-8-9-20(17,19(14,2)3)12-28(23,26)27/h13-17,24,26-27H,4-12H2,1-3H3/t13-,14+,15?,16-,17+,20+/m1/s1. The van der Waals surface area contributed by atoms with Crippen LogP contribution in [0.3, 0.4) is 0 Å². The molecule has 0 aromatic rings. The Morgan fingerprint density at radius 3 is 2.54 bits per heavy atom. The first-order chi connectivity index (χ1) is 13.0. The first-order valence-corrected chi connectivity index (χ1v) is 12.1. The lowest BCUT2D eigenvalue weighted by Crippen LogP contribution is -2.47. The van der Waals surface area contributed by atoms with Crippen LogP contribution in [0.4, 0.5) is 8.78 Å². The second kappa shape index (κ2) is 7.67. The van der Waals surface area contributed by atoms with E-state index in [1.54, 1.807) is 6.92 Å². The third kappa shape index (κ3) is 3.38. The molecule has 5 nitrogen and oxygen atoms in total. The highest BCUT2D eigenvalue weighted by atomic mass is 32.3. The summed E-state index contributed by atoms with van der Waals surface area (Å²) in [6, 6.07) is -0.176. The zero-order chi connectivity index (χ0) is 20.9. The van der Waals surface area contributed by atoms with Crippen LogP contribution in [0.1, 0.15) is 65.7 Å². The highest BCUT2D eigenvalue weighted by Gasteiger charge is 2.72. The van der Waals surface area contributed by atoms with E-state index in [-0.39, 0.29) is 29.0 Å². The number of aliphatic hydroxyl groups is 1. The predicted octanol–water partition coefficient (Wildman–Crippen LogP) is 4.55. The molecule has 1 amide bonds. The number of halogens is 2. The van der Waals surface area contributed by atoms with Crippen molar-refractivity contribution in [1.29, 1.82) is 0 Å². The minimum atomic E-state index is -3.20. The smallest absolute Gasteiger partial charge is 0.246 e. The molecule has 164 valence electrons. The van der Waals surface area contributed by atoms with Crippen LogP contribution in [-0.4, -0.2) is 55.2 Å². The third-order valence-corrected chi connectivity index (χ3v) is 10.0. The summed E-state index contributed by atoms with van der Waals surface area (Å²) in [5, 5.41) is 10.4. The van der Waals surface area contributed by atoms with Gasteiger partial charge < -0.3 is 5.11 Å². The number of amides is 1. The van der Waals surface area contributed by atoms with E-state index in [9.17, 15) is 27.8 Å². The Kier molecular flexibility index (Phi) is 6.10. The van der Waals surface area contributed by atoms with Gasteiger partial charge in [0.2, 0.25) is 5.91 Å². The number of alkyl halides is 2. The van der Waals surface area contributed by atoms with E-state index in [4.69, 9.17) is 0 Å². The van der Waals surface area contributed by atoms with Crippen molar-refractivity contribution in [2.75, 3.05) is 12.4 Å². The van der Waals surface area contributed by atoms with Gasteiger partial charge in [-0.25, -0.2) is 13.1 Å². The van der Waals surface area contributed by atoms with E-state index in [0.717, 1.165) is 19.3 Å². The van der Waals surface area contributed by atoms with Crippen molar-refractivity contribution in [2.45, 2.75) is 84.0 Å². The lowest BCUT2D eigenvalue weighted by atomic mass is 9.69. The lowest BCUT2D eigenvalue weighted by Gasteiger charge is -2.41. The van der Waals surface area contributed by atoms with Crippen LogP contribution < -0.4 is 0 Å². The van der Waals surface area contributed by atoms with E-state index < -0.39 is 41.6 Å². The zero-order valence-corrected chi connectivity index (χ0v) is 17.9. The second-order valence-electron chi connectivity index (χ2n) is 9.70. The maximum absolute atomic E-state index is 13.2. The first-order valence-electron chi connectivity index (χ1n) is 10.4. The number of carbonyl (C=O) groups is 1. The number of carbonyl (C=O) groups excluding carboxylic acids is 1. The highest BCUT2D eigenvalue weighted by Crippen LogP contribution is 2.76. The quantitative estimate of drug-likeness (QED) is 0.500. The van der Waals surface area contributed by atoms with Crippen LogP contribution >= 0.6 is 10.8 Å². The lowest BCUT2D eigenvalue weighted by molar-refractivity contribution is -0.136. The molecule has 1 spiro atoms. The van der Waals surface area contributed by atoms with Gasteiger partial charge in [0.1, 0.15) is 12.8 Å². The highest BCUT2D eigenvalue weighted by molar-refractivity contribution is 8.22. The average molecular weight is 424 g/mol. The largest absolute Gasteiger partial charge is 0.392 e. The minimum absolute atomic E-state index is 0.0302. The Balaban J connectivity index is 1.65. The number of nitrogens with zero attached hydrogens (tertiary/aromatic N) is 1. The molecule has 3 rings (SSSR count). The van der Waals surface area contributed by atoms with Crippen molar-refractivity contribution in [1.82, 2.24) is 4.31 Å². The van der Waals surface area contributed by atoms with Gasteiger partial charge in [-0.05, 0) is 43.4 Å². The molecule has 1 saturated heterocycles. The number of hydrogen-bond donors (Lipinski definition) is 3. The van der Waals surface area contributed by atoms with E-state index in [1.165, 1.54) is 4.31 Å². The van der Waals surface area contributed by atoms with Crippen molar-refractivity contribution in [3.63, 3.8) is 0 Å². The summed E-state index contributed by atoms with van der Waals surface area (Å²) in [6.45, 7) is 4.99. The summed E-state index contributed by atoms with van der Waals surface area (Å²) in [5.74, 6) is -0.437. The van der Waals surface area contributed by atoms with E-state index in [2.05, 4.69) is 13.8 Å². The molecule has 1 unspecified atom stereocenters. The van der Waals surface area contributed by atoms with Gasteiger partial charge in [0.15, 0.2) is 0 Å². The number of hydrogen-bond acceptors (Lipinski definition) is 4. The van der Waals surface area contributed by atoms with Crippen molar-refractivity contribution in [3.05, 3.63) is 0 Å². The topological polar surface area (TPSA) is 81.0 Å². The number of aliphatic hydroxyl groups excluding tert-OH is 1. The fourth-order valence-corrected chi connectivity index (χ4v) is 8.72. The molecule has 0 aromatic carbocycles. The normalized spacial score (nSPS) is 36.8. The van der Waals surface area contributed by atoms with Gasteiger partial charge >= 0.3 is 0 Å². The van der Waals surface area contributed by atoms with Crippen molar-refractivity contribution >= 4 is 16.7 Å². The van der Waals surface area contributed by atoms with Crippen LogP contribution in [0.25, 0.3) is 0 Å². The molecule has 1 heterocycles. The number of rotatable bonds is 8. The first kappa shape index (κ1) is 22.2. The molecule has 3 aliphatic rings. The van der Waals surface area contributed by atoms with Crippen molar-refractivity contribution < 1.29 is 27.8 Å². The van der Waals surface area contributed by atoms with Crippen molar-refractivity contribution in [3.8, 4) is 0 Å². The summed E-state index contributed by atoms with van der Waals surface area (Å²) >= 11 is 0. The van der Waals surface area contributed by atoms with Crippen LogP contribution in [0.15, 0.2) is 0 Å². The van der Waals surface area contributed by atoms with Gasteiger partial charge in [0.05, 0.1) is 23.8 Å². The summed E-state index contributed by atoms with van der Waals surface area (Å²) < 4.78 is 48.0. The molecular weight excluding hydrogens is 388 g/mol. The van der Waals surface area contributed by atoms with E-state index >= 15 is 0 Å². The van der Waals surface area contributed by atoms with Crippen LogP contribution in [0, 0.1) is 22.7 Å². The van der Waals surface area contributed by atoms with E-state index in [0.29, 0.717) is 25.2 Å². The van der Waals surface area contributed by atoms with Crippen LogP contribution in [0.2, 0.25) is 0 Å². The van der Waals surface area contributed by atoms with Crippen LogP contribution in [0.5, 0.6) is 0 Å². The second-order valence-corrected chi connectivity index (χ2v) is 11.6. The molecule has 2 saturated carbocycles. The van der Waals surface area contributed by atoms with E-state index in [1.807, 2.05) is 0 Å². The average Bonchev–Trinajstić information content (AvgIpc) is 3.11. The Bertz CT molecular complexity index is 605. The molecule has 2 bridgehead atoms. The summed E-state index contributed by atoms with van der Waals surface area (Å²) in [6.07, 6.45) is 1.72. The Morgan fingerprint density at radius 1 is 1.29 bits per heavy atom. The molecule has 0 radical (unpaired) electrons. The van der Waals surface area contributed by atoms with Crippen molar-refractivity contribution in [2.24, 2.45) is 22.7 Å². The fourth-order valence-electron chi connectivity index (χ4n) is 6.03. The molecule has 0 aromatic heterocycles. The third-order valence-electron chi connectivity index (χ3n) is 8.06. The van der Waals surface area contributed by atoms with Gasteiger partial charge in [-0.1, -0.05) is 33.6 Å². The minimum Gasteiger partial charge on any atom is -0.392 e. The molecule has 6 atom stereocenters. The molecular formula is C20H35F2NO4S. The SMILES string of the molecule is C[C@@H](C(=O)N1[C@H]2C[C@@H]3CC[C@@]2(CS1(O)O)C3(C)C)[C@H](O)CCCCC(F)CF. The summed E-state index contributed by atoms with van der Waals surface area (Å²) in [4.78, 5) is 13.2. The molecule has 1 aliphatic heterocycles.